The number of halogens is 1. The lowest BCUT2D eigenvalue weighted by Gasteiger charge is -2.04. The van der Waals surface area contributed by atoms with Gasteiger partial charge in [-0.1, -0.05) is 11.6 Å². The number of hydrogen-bond acceptors (Lipinski definition) is 3. The number of carboxylic acid groups (broad SMARTS) is 1. The summed E-state index contributed by atoms with van der Waals surface area (Å²) in [6.07, 6.45) is 1.33. The number of pyridine rings is 1. The van der Waals surface area contributed by atoms with Gasteiger partial charge in [-0.05, 0) is 12.5 Å². The minimum atomic E-state index is -1.11. The van der Waals surface area contributed by atoms with Crippen molar-refractivity contribution in [2.75, 3.05) is 5.73 Å². The number of aromatic carboxylic acids is 1. The molecule has 5 heteroatoms. The quantitative estimate of drug-likeness (QED) is 0.694. The molecule has 0 saturated carbocycles. The minimum Gasteiger partial charge on any atom is -0.478 e. The van der Waals surface area contributed by atoms with Crippen molar-refractivity contribution < 1.29 is 9.90 Å². The summed E-state index contributed by atoms with van der Waals surface area (Å²) in [6.45, 7) is 1.59. The van der Waals surface area contributed by atoms with Crippen LogP contribution in [0, 0.1) is 6.92 Å². The van der Waals surface area contributed by atoms with Crippen molar-refractivity contribution in [2.45, 2.75) is 6.92 Å². The summed E-state index contributed by atoms with van der Waals surface area (Å²) in [5.41, 5.74) is 5.76. The van der Waals surface area contributed by atoms with E-state index in [1.165, 1.54) is 6.20 Å². The summed E-state index contributed by atoms with van der Waals surface area (Å²) in [6, 6.07) is 0. The zero-order valence-electron chi connectivity index (χ0n) is 6.34. The molecule has 0 aliphatic heterocycles. The number of nitrogens with zero attached hydrogens (tertiary/aromatic N) is 1. The van der Waals surface area contributed by atoms with Gasteiger partial charge in [0.25, 0.3) is 0 Å². The summed E-state index contributed by atoms with van der Waals surface area (Å²) >= 11 is 5.65. The van der Waals surface area contributed by atoms with Gasteiger partial charge in [-0.3, -0.25) is 0 Å². The lowest BCUT2D eigenvalue weighted by atomic mass is 10.1. The largest absolute Gasteiger partial charge is 0.478 e. The Bertz CT molecular complexity index is 338. The Labute approximate surface area is 74.0 Å². The van der Waals surface area contributed by atoms with Gasteiger partial charge in [-0.15, -0.1) is 0 Å². The maximum Gasteiger partial charge on any atom is 0.339 e. The fraction of sp³-hybridized carbons (Fsp3) is 0.143. The predicted molar refractivity (Wildman–Crippen MR) is 45.4 cm³/mol. The Morgan fingerprint density at radius 2 is 2.33 bits per heavy atom. The smallest absolute Gasteiger partial charge is 0.339 e. The Kier molecular flexibility index (Phi) is 2.19. The highest BCUT2D eigenvalue weighted by molar-refractivity contribution is 6.31. The molecule has 0 bridgehead atoms. The maximum absolute atomic E-state index is 10.6. The fourth-order valence-corrected chi connectivity index (χ4v) is 1.01. The molecule has 0 spiro atoms. The molecule has 0 saturated heterocycles. The molecule has 0 aliphatic rings. The lowest BCUT2D eigenvalue weighted by molar-refractivity contribution is 0.0697. The van der Waals surface area contributed by atoms with E-state index < -0.39 is 5.97 Å². The molecule has 0 atom stereocenters. The summed E-state index contributed by atoms with van der Waals surface area (Å²) in [7, 11) is 0. The molecule has 12 heavy (non-hydrogen) atoms. The van der Waals surface area contributed by atoms with E-state index in [9.17, 15) is 4.79 Å². The Hall–Kier alpha value is -1.29. The van der Waals surface area contributed by atoms with Crippen molar-refractivity contribution >= 4 is 23.4 Å². The van der Waals surface area contributed by atoms with E-state index in [4.69, 9.17) is 22.4 Å². The van der Waals surface area contributed by atoms with Crippen LogP contribution >= 0.6 is 11.6 Å². The minimum absolute atomic E-state index is 0.00981. The van der Waals surface area contributed by atoms with E-state index in [-0.39, 0.29) is 11.4 Å². The molecule has 64 valence electrons. The molecular weight excluding hydrogens is 180 g/mol. The third kappa shape index (κ3) is 1.33. The topological polar surface area (TPSA) is 76.2 Å². The third-order valence-corrected chi connectivity index (χ3v) is 1.90. The van der Waals surface area contributed by atoms with Gasteiger partial charge in [0.2, 0.25) is 0 Å². The summed E-state index contributed by atoms with van der Waals surface area (Å²) < 4.78 is 0. The fourth-order valence-electron chi connectivity index (χ4n) is 0.869. The predicted octanol–water partition coefficient (Wildman–Crippen LogP) is 1.32. The first-order chi connectivity index (χ1) is 5.54. The van der Waals surface area contributed by atoms with Crippen molar-refractivity contribution in [2.24, 2.45) is 0 Å². The van der Waals surface area contributed by atoms with Crippen LogP contribution in [0.4, 0.5) is 5.82 Å². The van der Waals surface area contributed by atoms with Crippen LogP contribution in [0.15, 0.2) is 6.20 Å². The molecule has 0 unspecified atom stereocenters. The number of anilines is 1. The highest BCUT2D eigenvalue weighted by atomic mass is 35.5. The molecule has 0 fully saturated rings. The zero-order chi connectivity index (χ0) is 9.30. The van der Waals surface area contributed by atoms with E-state index in [1.54, 1.807) is 6.92 Å². The first-order valence-corrected chi connectivity index (χ1v) is 3.55. The van der Waals surface area contributed by atoms with Crippen molar-refractivity contribution in [3.05, 3.63) is 22.3 Å². The first-order valence-electron chi connectivity index (χ1n) is 3.18. The van der Waals surface area contributed by atoms with Crippen molar-refractivity contribution in [3.8, 4) is 0 Å². The van der Waals surface area contributed by atoms with Crippen molar-refractivity contribution in [1.82, 2.24) is 4.98 Å². The molecule has 1 rings (SSSR count). The summed E-state index contributed by atoms with van der Waals surface area (Å²) in [5.74, 6) is -1.12. The second-order valence-electron chi connectivity index (χ2n) is 2.30. The number of carboxylic acids is 1. The van der Waals surface area contributed by atoms with E-state index in [0.29, 0.717) is 10.6 Å². The van der Waals surface area contributed by atoms with Gasteiger partial charge in [-0.25, -0.2) is 9.78 Å². The van der Waals surface area contributed by atoms with Crippen LogP contribution in [-0.2, 0) is 0 Å². The number of carbonyl (C=O) groups is 1. The average molecular weight is 187 g/mol. The van der Waals surface area contributed by atoms with E-state index in [0.717, 1.165) is 0 Å². The number of aromatic nitrogens is 1. The van der Waals surface area contributed by atoms with Gasteiger partial charge in [0.05, 0.1) is 5.02 Å². The van der Waals surface area contributed by atoms with Crippen molar-refractivity contribution in [3.63, 3.8) is 0 Å². The highest BCUT2D eigenvalue weighted by Gasteiger charge is 2.14. The number of rotatable bonds is 1. The molecule has 0 aromatic carbocycles. The molecule has 1 aromatic rings. The van der Waals surface area contributed by atoms with Gasteiger partial charge in [0, 0.05) is 6.20 Å². The van der Waals surface area contributed by atoms with Gasteiger partial charge >= 0.3 is 5.97 Å². The van der Waals surface area contributed by atoms with Crippen LogP contribution in [0.5, 0.6) is 0 Å². The van der Waals surface area contributed by atoms with Gasteiger partial charge in [-0.2, -0.15) is 0 Å². The second-order valence-corrected chi connectivity index (χ2v) is 2.70. The van der Waals surface area contributed by atoms with Gasteiger partial charge < -0.3 is 10.8 Å². The standard InChI is InChI=1S/C7H7ClN2O2/c1-3-4(8)2-10-6(9)5(3)7(11)12/h2H,1H3,(H2,9,10)(H,11,12). The Balaban J connectivity index is 3.43. The summed E-state index contributed by atoms with van der Waals surface area (Å²) in [5, 5.41) is 9.00. The van der Waals surface area contributed by atoms with Crippen LogP contribution < -0.4 is 5.73 Å². The normalized spacial score (nSPS) is 9.83. The summed E-state index contributed by atoms with van der Waals surface area (Å²) in [4.78, 5) is 14.2. The third-order valence-electron chi connectivity index (χ3n) is 1.52. The van der Waals surface area contributed by atoms with E-state index in [2.05, 4.69) is 4.98 Å². The number of nitrogen functional groups attached to an aromatic ring is 1. The number of hydrogen-bond donors (Lipinski definition) is 2. The molecule has 1 heterocycles. The van der Waals surface area contributed by atoms with E-state index in [1.807, 2.05) is 0 Å². The second kappa shape index (κ2) is 2.98. The van der Waals surface area contributed by atoms with Gasteiger partial charge in [0.15, 0.2) is 0 Å². The van der Waals surface area contributed by atoms with Crippen LogP contribution in [0.1, 0.15) is 15.9 Å². The van der Waals surface area contributed by atoms with Crippen LogP contribution in [0.2, 0.25) is 5.02 Å². The van der Waals surface area contributed by atoms with Crippen LogP contribution in [0.25, 0.3) is 0 Å². The monoisotopic (exact) mass is 186 g/mol. The SMILES string of the molecule is Cc1c(Cl)cnc(N)c1C(=O)O. The zero-order valence-corrected chi connectivity index (χ0v) is 7.09. The molecular formula is C7H7ClN2O2. The Morgan fingerprint density at radius 3 is 2.75 bits per heavy atom. The lowest BCUT2D eigenvalue weighted by Crippen LogP contribution is -2.07. The molecule has 1 aromatic heterocycles. The first kappa shape index (κ1) is 8.80. The molecule has 0 radical (unpaired) electrons. The maximum atomic E-state index is 10.6. The van der Waals surface area contributed by atoms with E-state index >= 15 is 0 Å². The molecule has 0 aliphatic carbocycles. The molecule has 4 nitrogen and oxygen atoms in total. The molecule has 0 amide bonds. The van der Waals surface area contributed by atoms with Crippen LogP contribution in [-0.4, -0.2) is 16.1 Å². The number of nitrogens with two attached hydrogens (primary N) is 1. The average Bonchev–Trinajstić information content (AvgIpc) is 1.97. The van der Waals surface area contributed by atoms with Crippen LogP contribution in [0.3, 0.4) is 0 Å². The van der Waals surface area contributed by atoms with Crippen molar-refractivity contribution in [1.29, 1.82) is 0 Å². The molecule has 3 N–H and O–H groups in total. The van der Waals surface area contributed by atoms with Gasteiger partial charge in [0.1, 0.15) is 11.4 Å². The highest BCUT2D eigenvalue weighted by Crippen LogP contribution is 2.21. The Morgan fingerprint density at radius 1 is 1.75 bits per heavy atom.